The summed E-state index contributed by atoms with van der Waals surface area (Å²) in [6.07, 6.45) is 0. The van der Waals surface area contributed by atoms with Gasteiger partial charge in [0.1, 0.15) is 11.2 Å². The van der Waals surface area contributed by atoms with Crippen LogP contribution in [0.1, 0.15) is 5.56 Å². The van der Waals surface area contributed by atoms with Crippen LogP contribution in [0.25, 0.3) is 86.9 Å². The van der Waals surface area contributed by atoms with Gasteiger partial charge < -0.3 is 9.32 Å². The fourth-order valence-corrected chi connectivity index (χ4v) is 8.74. The lowest BCUT2D eigenvalue weighted by atomic mass is 9.89. The number of rotatable bonds is 5. The van der Waals surface area contributed by atoms with Crippen LogP contribution in [-0.2, 0) is 6.54 Å². The number of furan rings is 1. The Balaban J connectivity index is 1.24. The predicted molar refractivity (Wildman–Crippen MR) is 225 cm³/mol. The molecule has 0 aliphatic rings. The Hall–Kier alpha value is -6.90. The highest BCUT2D eigenvalue weighted by molar-refractivity contribution is 6.34. The van der Waals surface area contributed by atoms with Crippen LogP contribution in [0.3, 0.4) is 0 Å². The van der Waals surface area contributed by atoms with Gasteiger partial charge >= 0.3 is 0 Å². The fourth-order valence-electron chi connectivity index (χ4n) is 8.74. The van der Waals surface area contributed by atoms with E-state index in [9.17, 15) is 0 Å². The molecule has 0 saturated carbocycles. The summed E-state index contributed by atoms with van der Waals surface area (Å²) in [6.45, 7) is 0.662. The third-order valence-corrected chi connectivity index (χ3v) is 11.1. The second-order valence-corrected chi connectivity index (χ2v) is 14.0. The van der Waals surface area contributed by atoms with E-state index >= 15 is 0 Å². The molecule has 2 nitrogen and oxygen atoms in total. The van der Waals surface area contributed by atoms with Gasteiger partial charge in [0.25, 0.3) is 0 Å². The van der Waals surface area contributed by atoms with Crippen LogP contribution in [0.4, 0.5) is 11.4 Å². The monoisotopic (exact) mass is 675 g/mol. The molecule has 11 aromatic rings. The fraction of sp³-hybridized carbons (Fsp3) is 0.0196. The van der Waals surface area contributed by atoms with Gasteiger partial charge in [-0.2, -0.15) is 0 Å². The summed E-state index contributed by atoms with van der Waals surface area (Å²) >= 11 is 0. The molecule has 0 saturated heterocycles. The lowest BCUT2D eigenvalue weighted by Gasteiger charge is -2.28. The van der Waals surface area contributed by atoms with E-state index < -0.39 is 0 Å². The summed E-state index contributed by atoms with van der Waals surface area (Å²) in [5.41, 5.74) is 7.76. The minimum absolute atomic E-state index is 0.662. The molecule has 0 unspecified atom stereocenters. The van der Waals surface area contributed by atoms with Crippen molar-refractivity contribution in [2.75, 3.05) is 4.90 Å². The van der Waals surface area contributed by atoms with Gasteiger partial charge in [-0.15, -0.1) is 0 Å². The molecule has 0 amide bonds. The molecule has 0 aliphatic carbocycles. The highest BCUT2D eigenvalue weighted by atomic mass is 16.3. The van der Waals surface area contributed by atoms with Gasteiger partial charge in [0, 0.05) is 39.5 Å². The van der Waals surface area contributed by atoms with E-state index in [0.717, 1.165) is 22.2 Å². The molecule has 10 aromatic carbocycles. The molecule has 11 rings (SSSR count). The molecule has 0 spiro atoms. The number of fused-ring (bicyclic) bond motifs is 8. The van der Waals surface area contributed by atoms with Crippen LogP contribution in [0, 0.1) is 0 Å². The van der Waals surface area contributed by atoms with E-state index in [-0.39, 0.29) is 0 Å². The standard InChI is InChI=1S/C51H33NO/c1-2-13-33(14-3-1)34-27-29-37(30-28-34)52(32-36-16-11-26-48-49(36)45-21-8-9-25-47(45)53-48)46-31-35-15-10-22-42-40-19-6-4-17-38(40)39-18-5-7-20-41(39)43-23-12-24-44(46)51(43)50(35)42/h1-31H,32H2. The number of anilines is 2. The van der Waals surface area contributed by atoms with Crippen LogP contribution in [0.5, 0.6) is 0 Å². The average molecular weight is 676 g/mol. The lowest BCUT2D eigenvalue weighted by Crippen LogP contribution is -2.17. The van der Waals surface area contributed by atoms with Crippen molar-refractivity contribution in [3.8, 4) is 11.1 Å². The van der Waals surface area contributed by atoms with E-state index in [1.807, 2.05) is 6.07 Å². The Morgan fingerprint density at radius 1 is 0.358 bits per heavy atom. The zero-order valence-corrected chi connectivity index (χ0v) is 29.0. The lowest BCUT2D eigenvalue weighted by molar-refractivity contribution is 0.668. The van der Waals surface area contributed by atoms with Crippen molar-refractivity contribution in [2.24, 2.45) is 0 Å². The number of nitrogens with zero attached hydrogens (tertiary/aromatic N) is 1. The van der Waals surface area contributed by atoms with Gasteiger partial charge in [0.15, 0.2) is 0 Å². The van der Waals surface area contributed by atoms with Crippen molar-refractivity contribution in [1.29, 1.82) is 0 Å². The van der Waals surface area contributed by atoms with Gasteiger partial charge in [-0.25, -0.2) is 0 Å². The largest absolute Gasteiger partial charge is 0.456 e. The molecule has 0 fully saturated rings. The van der Waals surface area contributed by atoms with Crippen LogP contribution < -0.4 is 4.90 Å². The molecule has 2 heteroatoms. The normalized spacial score (nSPS) is 11.8. The first-order chi connectivity index (χ1) is 26.3. The minimum atomic E-state index is 0.662. The third kappa shape index (κ3) is 4.66. The maximum Gasteiger partial charge on any atom is 0.135 e. The van der Waals surface area contributed by atoms with Crippen molar-refractivity contribution >= 4 is 87.2 Å². The Bertz CT molecular complexity index is 3190. The summed E-state index contributed by atoms with van der Waals surface area (Å²) in [5.74, 6) is 0. The van der Waals surface area contributed by atoms with E-state index in [1.54, 1.807) is 0 Å². The Kier molecular flexibility index (Phi) is 6.65. The van der Waals surface area contributed by atoms with Crippen LogP contribution in [0.2, 0.25) is 0 Å². The zero-order valence-electron chi connectivity index (χ0n) is 29.0. The molecule has 1 aromatic heterocycles. The Morgan fingerprint density at radius 3 is 1.62 bits per heavy atom. The molecule has 0 atom stereocenters. The van der Waals surface area contributed by atoms with Gasteiger partial charge in [0.2, 0.25) is 0 Å². The van der Waals surface area contributed by atoms with Gasteiger partial charge in [-0.1, -0.05) is 158 Å². The quantitative estimate of drug-likeness (QED) is 0.169. The topological polar surface area (TPSA) is 16.4 Å². The first-order valence-electron chi connectivity index (χ1n) is 18.3. The first kappa shape index (κ1) is 29.8. The number of hydrogen-bond acceptors (Lipinski definition) is 2. The van der Waals surface area contributed by atoms with Crippen molar-refractivity contribution in [3.63, 3.8) is 0 Å². The van der Waals surface area contributed by atoms with Crippen molar-refractivity contribution < 1.29 is 4.42 Å². The summed E-state index contributed by atoms with van der Waals surface area (Å²) in [4.78, 5) is 2.51. The van der Waals surface area contributed by atoms with Gasteiger partial charge in [-0.05, 0) is 90.1 Å². The molecular weight excluding hydrogens is 643 g/mol. The summed E-state index contributed by atoms with van der Waals surface area (Å²) in [5, 5.41) is 14.9. The average Bonchev–Trinajstić information content (AvgIpc) is 3.62. The van der Waals surface area contributed by atoms with Crippen molar-refractivity contribution in [1.82, 2.24) is 0 Å². The second kappa shape index (κ2) is 11.8. The third-order valence-electron chi connectivity index (χ3n) is 11.1. The Labute approximate surface area is 306 Å². The van der Waals surface area contributed by atoms with Crippen LogP contribution >= 0.6 is 0 Å². The highest BCUT2D eigenvalue weighted by Crippen LogP contribution is 2.46. The number of benzene rings is 9. The molecule has 248 valence electrons. The summed E-state index contributed by atoms with van der Waals surface area (Å²) < 4.78 is 6.38. The van der Waals surface area contributed by atoms with Crippen LogP contribution in [-0.4, -0.2) is 0 Å². The van der Waals surface area contributed by atoms with E-state index in [1.165, 1.54) is 81.6 Å². The van der Waals surface area contributed by atoms with Crippen LogP contribution in [0.15, 0.2) is 192 Å². The molecule has 0 aliphatic heterocycles. The molecule has 1 heterocycles. The smallest absolute Gasteiger partial charge is 0.135 e. The second-order valence-electron chi connectivity index (χ2n) is 14.0. The summed E-state index contributed by atoms with van der Waals surface area (Å²) in [6, 6.07) is 68.4. The van der Waals surface area contributed by atoms with Gasteiger partial charge in [0.05, 0.1) is 0 Å². The maximum atomic E-state index is 6.38. The minimum Gasteiger partial charge on any atom is -0.456 e. The first-order valence-corrected chi connectivity index (χ1v) is 18.3. The molecule has 0 bridgehead atoms. The van der Waals surface area contributed by atoms with Gasteiger partial charge in [-0.3, -0.25) is 0 Å². The molecule has 0 N–H and O–H groups in total. The molecule has 0 radical (unpaired) electrons. The van der Waals surface area contributed by atoms with Crippen molar-refractivity contribution in [2.45, 2.75) is 6.54 Å². The van der Waals surface area contributed by atoms with Crippen molar-refractivity contribution in [3.05, 3.63) is 194 Å². The Morgan fingerprint density at radius 2 is 0.887 bits per heavy atom. The highest BCUT2D eigenvalue weighted by Gasteiger charge is 2.21. The molecular formula is C51H33NO. The van der Waals surface area contributed by atoms with E-state index in [4.69, 9.17) is 4.42 Å². The van der Waals surface area contributed by atoms with E-state index in [2.05, 4.69) is 187 Å². The SMILES string of the molecule is c1ccc(-c2ccc(N(Cc3cccc4oc5ccccc5c34)c3cc4cccc5c6ccccc6c6ccccc6c6cccc3c6c45)cc2)cc1. The number of hydrogen-bond donors (Lipinski definition) is 0. The predicted octanol–water partition coefficient (Wildman–Crippen LogP) is 14.4. The molecule has 53 heavy (non-hydrogen) atoms. The zero-order chi connectivity index (χ0) is 34.9. The summed E-state index contributed by atoms with van der Waals surface area (Å²) in [7, 11) is 0. The maximum absolute atomic E-state index is 6.38. The van der Waals surface area contributed by atoms with E-state index in [0.29, 0.717) is 6.54 Å². The number of para-hydroxylation sites is 1.